The fourth-order valence-corrected chi connectivity index (χ4v) is 2.99. The smallest absolute Gasteiger partial charge is 0.336 e. The van der Waals surface area contributed by atoms with E-state index < -0.39 is 17.6 Å². The molecule has 138 valence electrons. The van der Waals surface area contributed by atoms with Gasteiger partial charge in [-0.2, -0.15) is 0 Å². The third-order valence-electron chi connectivity index (χ3n) is 4.41. The van der Waals surface area contributed by atoms with E-state index >= 15 is 0 Å². The first-order chi connectivity index (χ1) is 13.0. The van der Waals surface area contributed by atoms with Gasteiger partial charge < -0.3 is 10.4 Å². The van der Waals surface area contributed by atoms with Crippen LogP contribution >= 0.6 is 0 Å². The highest BCUT2D eigenvalue weighted by Gasteiger charge is 2.14. The Morgan fingerprint density at radius 2 is 1.74 bits per heavy atom. The number of carboxylic acid groups (broad SMARTS) is 1. The first-order valence-corrected chi connectivity index (χ1v) is 8.52. The number of nitrogens with one attached hydrogen (secondary N) is 1. The van der Waals surface area contributed by atoms with Crippen molar-refractivity contribution >= 4 is 5.97 Å². The van der Waals surface area contributed by atoms with E-state index in [-0.39, 0.29) is 12.1 Å². The zero-order valence-electron chi connectivity index (χ0n) is 14.8. The van der Waals surface area contributed by atoms with E-state index in [1.165, 1.54) is 12.1 Å². The normalized spacial score (nSPS) is 10.8. The molecule has 0 saturated heterocycles. The molecule has 3 aromatic carbocycles. The quantitative estimate of drug-likeness (QED) is 0.650. The molecule has 0 aliphatic heterocycles. The monoisotopic (exact) mass is 367 g/mol. The van der Waals surface area contributed by atoms with E-state index in [2.05, 4.69) is 5.32 Å². The Morgan fingerprint density at radius 3 is 2.44 bits per heavy atom. The Labute approximate surface area is 156 Å². The summed E-state index contributed by atoms with van der Waals surface area (Å²) in [6, 6.07) is 16.2. The lowest BCUT2D eigenvalue weighted by Gasteiger charge is -2.12. The molecule has 3 rings (SSSR count). The van der Waals surface area contributed by atoms with Crippen molar-refractivity contribution in [2.24, 2.45) is 0 Å². The lowest BCUT2D eigenvalue weighted by molar-refractivity contribution is 0.0697. The van der Waals surface area contributed by atoms with E-state index in [0.29, 0.717) is 17.7 Å². The van der Waals surface area contributed by atoms with Crippen molar-refractivity contribution in [2.75, 3.05) is 0 Å². The lowest BCUT2D eigenvalue weighted by atomic mass is 9.94. The van der Waals surface area contributed by atoms with Gasteiger partial charge in [0.2, 0.25) is 0 Å². The first-order valence-electron chi connectivity index (χ1n) is 8.52. The van der Waals surface area contributed by atoms with Gasteiger partial charge in [-0.1, -0.05) is 36.4 Å². The van der Waals surface area contributed by atoms with Crippen LogP contribution in [0, 0.1) is 18.6 Å². The molecule has 0 atom stereocenters. The molecular weight excluding hydrogens is 348 g/mol. The summed E-state index contributed by atoms with van der Waals surface area (Å²) in [5.74, 6) is -2.19. The van der Waals surface area contributed by atoms with Gasteiger partial charge in [0.25, 0.3) is 0 Å². The summed E-state index contributed by atoms with van der Waals surface area (Å²) < 4.78 is 26.7. The van der Waals surface area contributed by atoms with Gasteiger partial charge in [0.1, 0.15) is 11.6 Å². The van der Waals surface area contributed by atoms with E-state index in [4.69, 9.17) is 0 Å². The van der Waals surface area contributed by atoms with Crippen LogP contribution in [0.4, 0.5) is 8.78 Å². The van der Waals surface area contributed by atoms with Crippen LogP contribution < -0.4 is 5.32 Å². The van der Waals surface area contributed by atoms with Crippen LogP contribution in [0.25, 0.3) is 11.1 Å². The number of carboxylic acids is 1. The molecule has 27 heavy (non-hydrogen) atoms. The molecular formula is C22H19F2NO2. The van der Waals surface area contributed by atoms with Gasteiger partial charge in [-0.05, 0) is 47.4 Å². The summed E-state index contributed by atoms with van der Waals surface area (Å²) in [4.78, 5) is 11.6. The molecule has 0 aliphatic carbocycles. The van der Waals surface area contributed by atoms with Gasteiger partial charge in [-0.15, -0.1) is 0 Å². The third kappa shape index (κ3) is 4.38. The number of halogens is 2. The van der Waals surface area contributed by atoms with Gasteiger partial charge in [-0.25, -0.2) is 13.6 Å². The minimum atomic E-state index is -0.985. The predicted octanol–water partition coefficient (Wildman–Crippen LogP) is 4.93. The van der Waals surface area contributed by atoms with E-state index in [1.54, 1.807) is 12.1 Å². The second kappa shape index (κ2) is 8.10. The Bertz CT molecular complexity index is 986. The van der Waals surface area contributed by atoms with Gasteiger partial charge in [0.05, 0.1) is 5.56 Å². The number of hydrogen-bond donors (Lipinski definition) is 2. The predicted molar refractivity (Wildman–Crippen MR) is 100 cm³/mol. The fraction of sp³-hybridized carbons (Fsp3) is 0.136. The van der Waals surface area contributed by atoms with E-state index in [9.17, 15) is 18.7 Å². The average Bonchev–Trinajstić information content (AvgIpc) is 2.63. The number of rotatable bonds is 6. The van der Waals surface area contributed by atoms with Crippen LogP contribution in [-0.2, 0) is 13.1 Å². The second-order valence-corrected chi connectivity index (χ2v) is 6.34. The fourth-order valence-electron chi connectivity index (χ4n) is 2.99. The Balaban J connectivity index is 1.81. The summed E-state index contributed by atoms with van der Waals surface area (Å²) in [5, 5.41) is 12.6. The molecule has 0 radical (unpaired) electrons. The topological polar surface area (TPSA) is 49.3 Å². The molecule has 0 spiro atoms. The molecule has 0 aromatic heterocycles. The van der Waals surface area contributed by atoms with Crippen molar-refractivity contribution in [1.82, 2.24) is 5.32 Å². The summed E-state index contributed by atoms with van der Waals surface area (Å²) in [5.41, 5.74) is 3.98. The third-order valence-corrected chi connectivity index (χ3v) is 4.41. The molecule has 0 saturated carbocycles. The summed E-state index contributed by atoms with van der Waals surface area (Å²) >= 11 is 0. The van der Waals surface area contributed by atoms with Crippen molar-refractivity contribution in [1.29, 1.82) is 0 Å². The Kier molecular flexibility index (Phi) is 5.62. The van der Waals surface area contributed by atoms with Gasteiger partial charge in [0, 0.05) is 24.7 Å². The van der Waals surface area contributed by atoms with Crippen molar-refractivity contribution in [3.05, 3.63) is 94.6 Å². The van der Waals surface area contributed by atoms with Crippen molar-refractivity contribution in [3.63, 3.8) is 0 Å². The maximum atomic E-state index is 13.7. The number of benzene rings is 3. The highest BCUT2D eigenvalue weighted by Crippen LogP contribution is 2.28. The van der Waals surface area contributed by atoms with Crippen molar-refractivity contribution < 1.29 is 18.7 Å². The Morgan fingerprint density at radius 1 is 0.963 bits per heavy atom. The SMILES string of the molecule is Cc1ccccc1-c1cc(CNCc2ccc(F)cc2F)ccc1C(=O)O. The van der Waals surface area contributed by atoms with Crippen LogP contribution in [0.5, 0.6) is 0 Å². The van der Waals surface area contributed by atoms with Gasteiger partial charge in [0.15, 0.2) is 0 Å². The van der Waals surface area contributed by atoms with E-state index in [0.717, 1.165) is 22.8 Å². The minimum absolute atomic E-state index is 0.234. The second-order valence-electron chi connectivity index (χ2n) is 6.34. The maximum Gasteiger partial charge on any atom is 0.336 e. The molecule has 3 aromatic rings. The van der Waals surface area contributed by atoms with Crippen LogP contribution in [0.3, 0.4) is 0 Å². The zero-order chi connectivity index (χ0) is 19.4. The van der Waals surface area contributed by atoms with Crippen molar-refractivity contribution in [2.45, 2.75) is 20.0 Å². The van der Waals surface area contributed by atoms with Crippen molar-refractivity contribution in [3.8, 4) is 11.1 Å². The molecule has 0 fully saturated rings. The van der Waals surface area contributed by atoms with Gasteiger partial charge in [-0.3, -0.25) is 0 Å². The summed E-state index contributed by atoms with van der Waals surface area (Å²) in [7, 11) is 0. The average molecular weight is 367 g/mol. The molecule has 0 aliphatic rings. The number of aromatic carboxylic acids is 1. The zero-order valence-corrected chi connectivity index (χ0v) is 14.8. The Hall–Kier alpha value is -3.05. The highest BCUT2D eigenvalue weighted by atomic mass is 19.1. The molecule has 2 N–H and O–H groups in total. The number of aryl methyl sites for hydroxylation is 1. The largest absolute Gasteiger partial charge is 0.478 e. The standard InChI is InChI=1S/C22H19F2NO2/c1-14-4-2-3-5-18(14)20-10-15(6-9-19(20)22(26)27)12-25-13-16-7-8-17(23)11-21(16)24/h2-11,25H,12-13H2,1H3,(H,26,27). The van der Waals surface area contributed by atoms with E-state index in [1.807, 2.05) is 37.3 Å². The van der Waals surface area contributed by atoms with Gasteiger partial charge >= 0.3 is 5.97 Å². The minimum Gasteiger partial charge on any atom is -0.478 e. The highest BCUT2D eigenvalue weighted by molar-refractivity contribution is 5.96. The van der Waals surface area contributed by atoms with Crippen LogP contribution in [0.15, 0.2) is 60.7 Å². The molecule has 0 bridgehead atoms. The summed E-state index contributed by atoms with van der Waals surface area (Å²) in [6.45, 7) is 2.60. The van der Waals surface area contributed by atoms with Crippen LogP contribution in [-0.4, -0.2) is 11.1 Å². The molecule has 0 heterocycles. The number of carbonyl (C=O) groups is 1. The number of hydrogen-bond acceptors (Lipinski definition) is 2. The maximum absolute atomic E-state index is 13.7. The van der Waals surface area contributed by atoms with Crippen LogP contribution in [0.1, 0.15) is 27.0 Å². The lowest BCUT2D eigenvalue weighted by Crippen LogP contribution is -2.14. The molecule has 5 heteroatoms. The summed E-state index contributed by atoms with van der Waals surface area (Å²) in [6.07, 6.45) is 0. The molecule has 3 nitrogen and oxygen atoms in total. The molecule has 0 amide bonds. The van der Waals surface area contributed by atoms with Crippen LogP contribution in [0.2, 0.25) is 0 Å². The first kappa shape index (κ1) is 18.7. The molecule has 0 unspecified atom stereocenters.